The summed E-state index contributed by atoms with van der Waals surface area (Å²) in [5.41, 5.74) is -2.01. The minimum atomic E-state index is -4.91. The molecule has 0 radical (unpaired) electrons. The Bertz CT molecular complexity index is 786. The van der Waals surface area contributed by atoms with E-state index in [1.54, 1.807) is 6.07 Å². The van der Waals surface area contributed by atoms with Gasteiger partial charge in [0.2, 0.25) is 0 Å². The Hall–Kier alpha value is -2.58. The molecule has 1 atom stereocenters. The fourth-order valence-corrected chi connectivity index (χ4v) is 2.77. The predicted molar refractivity (Wildman–Crippen MR) is 72.7 cm³/mol. The molecule has 1 saturated heterocycles. The predicted octanol–water partition coefficient (Wildman–Crippen LogP) is 2.04. The van der Waals surface area contributed by atoms with Crippen LogP contribution in [0.5, 0.6) is 0 Å². The van der Waals surface area contributed by atoms with Gasteiger partial charge in [-0.05, 0) is 24.6 Å². The number of nitrogens with one attached hydrogen (secondary N) is 1. The number of aromatic nitrogens is 2. The van der Waals surface area contributed by atoms with Crippen LogP contribution in [0.1, 0.15) is 16.8 Å². The van der Waals surface area contributed by atoms with Crippen molar-refractivity contribution in [3.8, 4) is 0 Å². The fraction of sp³-hybridized carbons (Fsp3) is 0.357. The summed E-state index contributed by atoms with van der Waals surface area (Å²) in [4.78, 5) is 24.5. The molecule has 0 bridgehead atoms. The molecule has 1 aromatic heterocycles. The van der Waals surface area contributed by atoms with E-state index in [4.69, 9.17) is 5.11 Å². The molecule has 1 fully saturated rings. The Kier molecular flexibility index (Phi) is 3.31. The number of amides is 1. The Labute approximate surface area is 127 Å². The number of likely N-dealkylation sites (tertiary alicyclic amines) is 1. The van der Waals surface area contributed by atoms with Crippen LogP contribution in [0.25, 0.3) is 10.9 Å². The van der Waals surface area contributed by atoms with Crippen molar-refractivity contribution in [1.29, 1.82) is 0 Å². The maximum atomic E-state index is 13.1. The third-order valence-corrected chi connectivity index (χ3v) is 4.20. The number of aromatic amines is 1. The van der Waals surface area contributed by atoms with Crippen molar-refractivity contribution in [3.63, 3.8) is 0 Å². The third-order valence-electron chi connectivity index (χ3n) is 4.20. The first-order valence-electron chi connectivity index (χ1n) is 6.77. The van der Waals surface area contributed by atoms with E-state index in [1.807, 2.05) is 0 Å². The number of aliphatic carboxylic acids is 1. The van der Waals surface area contributed by atoms with E-state index in [9.17, 15) is 22.8 Å². The minimum Gasteiger partial charge on any atom is -0.481 e. The molecule has 0 saturated carbocycles. The molecule has 23 heavy (non-hydrogen) atoms. The zero-order valence-corrected chi connectivity index (χ0v) is 11.7. The summed E-state index contributed by atoms with van der Waals surface area (Å²) < 4.78 is 39.4. The molecule has 1 amide bonds. The second-order valence-electron chi connectivity index (χ2n) is 5.53. The number of nitrogens with zero attached hydrogens (tertiary/aromatic N) is 2. The summed E-state index contributed by atoms with van der Waals surface area (Å²) in [6.07, 6.45) is -4.07. The lowest BCUT2D eigenvalue weighted by molar-refractivity contribution is -0.227. The molecule has 2 heterocycles. The van der Waals surface area contributed by atoms with Gasteiger partial charge in [-0.1, -0.05) is 0 Å². The van der Waals surface area contributed by atoms with Gasteiger partial charge in [0.1, 0.15) is 0 Å². The highest BCUT2D eigenvalue weighted by Crippen LogP contribution is 2.46. The van der Waals surface area contributed by atoms with Crippen molar-refractivity contribution < 1.29 is 27.9 Å². The molecule has 1 aliphatic rings. The first-order chi connectivity index (χ1) is 10.7. The van der Waals surface area contributed by atoms with Gasteiger partial charge in [0.25, 0.3) is 5.91 Å². The van der Waals surface area contributed by atoms with Gasteiger partial charge in [0.05, 0.1) is 11.7 Å². The molecule has 2 N–H and O–H groups in total. The standard InChI is InChI=1S/C14H12F3N3O3/c15-14(16,17)13(12(22)23)3-4-20(7-13)11(21)8-1-2-10-9(5-8)6-18-19-10/h1-2,5-6H,3-4,7H2,(H,18,19)(H,22,23). The number of halogens is 3. The maximum Gasteiger partial charge on any atom is 0.406 e. The van der Waals surface area contributed by atoms with Crippen molar-refractivity contribution in [2.75, 3.05) is 13.1 Å². The number of fused-ring (bicyclic) bond motifs is 1. The number of hydrogen-bond acceptors (Lipinski definition) is 3. The summed E-state index contributed by atoms with van der Waals surface area (Å²) in [6.45, 7) is -1.14. The van der Waals surface area contributed by atoms with Crippen LogP contribution in [-0.2, 0) is 4.79 Å². The van der Waals surface area contributed by atoms with Gasteiger partial charge in [-0.2, -0.15) is 18.3 Å². The number of carboxylic acid groups (broad SMARTS) is 1. The van der Waals surface area contributed by atoms with Crippen LogP contribution < -0.4 is 0 Å². The third kappa shape index (κ3) is 2.32. The first-order valence-corrected chi connectivity index (χ1v) is 6.77. The van der Waals surface area contributed by atoms with Crippen molar-refractivity contribution in [1.82, 2.24) is 15.1 Å². The maximum absolute atomic E-state index is 13.1. The number of carbonyl (C=O) groups is 2. The van der Waals surface area contributed by atoms with Crippen LogP contribution in [-0.4, -0.2) is 51.3 Å². The van der Waals surface area contributed by atoms with E-state index in [1.165, 1.54) is 18.3 Å². The Morgan fingerprint density at radius 3 is 2.70 bits per heavy atom. The zero-order chi connectivity index (χ0) is 16.8. The van der Waals surface area contributed by atoms with E-state index >= 15 is 0 Å². The lowest BCUT2D eigenvalue weighted by atomic mass is 9.86. The number of alkyl halides is 3. The molecule has 1 unspecified atom stereocenters. The normalized spacial score (nSPS) is 21.8. The van der Waals surface area contributed by atoms with Crippen LogP contribution >= 0.6 is 0 Å². The van der Waals surface area contributed by atoms with Crippen molar-refractivity contribution in [2.24, 2.45) is 5.41 Å². The largest absolute Gasteiger partial charge is 0.481 e. The molecule has 3 rings (SSSR count). The number of benzene rings is 1. The summed E-state index contributed by atoms with van der Waals surface area (Å²) in [5, 5.41) is 16.2. The topological polar surface area (TPSA) is 86.3 Å². The second-order valence-corrected chi connectivity index (χ2v) is 5.53. The smallest absolute Gasteiger partial charge is 0.406 e. The lowest BCUT2D eigenvalue weighted by Crippen LogP contribution is -2.47. The van der Waals surface area contributed by atoms with Crippen LogP contribution in [0.3, 0.4) is 0 Å². The van der Waals surface area contributed by atoms with Gasteiger partial charge in [-0.15, -0.1) is 0 Å². The Morgan fingerprint density at radius 2 is 2.09 bits per heavy atom. The second kappa shape index (κ2) is 4.97. The lowest BCUT2D eigenvalue weighted by Gasteiger charge is -2.27. The molecule has 9 heteroatoms. The van der Waals surface area contributed by atoms with Gasteiger partial charge < -0.3 is 10.0 Å². The van der Waals surface area contributed by atoms with Crippen LogP contribution in [0, 0.1) is 5.41 Å². The van der Waals surface area contributed by atoms with Crippen molar-refractivity contribution in [3.05, 3.63) is 30.0 Å². The number of H-pyrrole nitrogens is 1. The van der Waals surface area contributed by atoms with Gasteiger partial charge in [-0.3, -0.25) is 14.7 Å². The molecule has 1 aromatic carbocycles. The molecule has 1 aliphatic heterocycles. The first kappa shape index (κ1) is 15.3. The van der Waals surface area contributed by atoms with E-state index in [0.717, 1.165) is 4.90 Å². The zero-order valence-electron chi connectivity index (χ0n) is 11.7. The quantitative estimate of drug-likeness (QED) is 0.884. The number of carbonyl (C=O) groups excluding carboxylic acids is 1. The van der Waals surface area contributed by atoms with Gasteiger partial charge in [-0.25, -0.2) is 0 Å². The minimum absolute atomic E-state index is 0.197. The molecule has 122 valence electrons. The van der Waals surface area contributed by atoms with E-state index in [0.29, 0.717) is 10.9 Å². The van der Waals surface area contributed by atoms with E-state index in [2.05, 4.69) is 10.2 Å². The van der Waals surface area contributed by atoms with Crippen LogP contribution in [0.15, 0.2) is 24.4 Å². The Morgan fingerprint density at radius 1 is 1.35 bits per heavy atom. The van der Waals surface area contributed by atoms with E-state index < -0.39 is 36.4 Å². The van der Waals surface area contributed by atoms with Gasteiger partial charge >= 0.3 is 12.1 Å². The summed E-state index contributed by atoms with van der Waals surface area (Å²) in [7, 11) is 0. The number of hydrogen-bond donors (Lipinski definition) is 2. The van der Waals surface area contributed by atoms with Gasteiger partial charge in [0, 0.05) is 24.0 Å². The fourth-order valence-electron chi connectivity index (χ4n) is 2.77. The summed E-state index contributed by atoms with van der Waals surface area (Å²) >= 11 is 0. The molecule has 0 aliphatic carbocycles. The van der Waals surface area contributed by atoms with Crippen molar-refractivity contribution in [2.45, 2.75) is 12.6 Å². The monoisotopic (exact) mass is 327 g/mol. The van der Waals surface area contributed by atoms with E-state index in [-0.39, 0.29) is 12.1 Å². The average molecular weight is 327 g/mol. The molecule has 6 nitrogen and oxygen atoms in total. The highest BCUT2D eigenvalue weighted by molar-refractivity contribution is 5.98. The van der Waals surface area contributed by atoms with Crippen LogP contribution in [0.2, 0.25) is 0 Å². The van der Waals surface area contributed by atoms with Gasteiger partial charge in [0.15, 0.2) is 5.41 Å². The summed E-state index contributed by atoms with van der Waals surface area (Å²) in [5.74, 6) is -2.58. The van der Waals surface area contributed by atoms with Crippen LogP contribution in [0.4, 0.5) is 13.2 Å². The average Bonchev–Trinajstić information content (AvgIpc) is 3.12. The highest BCUT2D eigenvalue weighted by Gasteiger charge is 2.64. The molecule has 0 spiro atoms. The number of rotatable bonds is 2. The SMILES string of the molecule is O=C(c1ccc2[nH]ncc2c1)N1CCC(C(=O)O)(C(F)(F)F)C1. The Balaban J connectivity index is 1.88. The molecular formula is C14H12F3N3O3. The van der Waals surface area contributed by atoms with Crippen molar-refractivity contribution >= 4 is 22.8 Å². The summed E-state index contributed by atoms with van der Waals surface area (Å²) in [6, 6.07) is 4.58. The number of carboxylic acids is 1. The highest BCUT2D eigenvalue weighted by atomic mass is 19.4. The molecule has 2 aromatic rings. The molecular weight excluding hydrogens is 315 g/mol.